The largest absolute Gasteiger partial charge is 0.467 e. The molecule has 0 spiro atoms. The van der Waals surface area contributed by atoms with E-state index in [9.17, 15) is 5.26 Å². The Hall–Kier alpha value is -3.01. The molecule has 0 aliphatic heterocycles. The molecule has 3 aromatic heterocycles. The third-order valence-corrected chi connectivity index (χ3v) is 2.69. The van der Waals surface area contributed by atoms with Gasteiger partial charge in [-0.05, 0) is 0 Å². The van der Waals surface area contributed by atoms with Gasteiger partial charge in [0.15, 0.2) is 0 Å². The topological polar surface area (TPSA) is 100 Å². The third kappa shape index (κ3) is 1.75. The molecule has 92 valence electrons. The van der Waals surface area contributed by atoms with E-state index in [4.69, 9.17) is 4.74 Å². The zero-order chi connectivity index (χ0) is 13.2. The Morgan fingerprint density at radius 2 is 2.00 bits per heavy atom. The van der Waals surface area contributed by atoms with Crippen molar-refractivity contribution in [1.82, 2.24) is 24.9 Å². The molecule has 0 aliphatic rings. The standard InChI is InChI=1S/C12H8N6O/c1-19-12-15-3-7(4-16-12)10-8-5-14-6-17-11(8)18-9(10)2-13/h3-6H,1H3,(H,14,17,18). The number of nitrogens with zero attached hydrogens (tertiary/aromatic N) is 5. The Morgan fingerprint density at radius 1 is 1.21 bits per heavy atom. The molecule has 1 N–H and O–H groups in total. The van der Waals surface area contributed by atoms with Gasteiger partial charge in [-0.2, -0.15) is 5.26 Å². The first-order chi connectivity index (χ1) is 9.33. The molecule has 0 amide bonds. The van der Waals surface area contributed by atoms with Gasteiger partial charge in [0, 0.05) is 35.1 Å². The summed E-state index contributed by atoms with van der Waals surface area (Å²) < 4.78 is 4.91. The smallest absolute Gasteiger partial charge is 0.316 e. The second kappa shape index (κ2) is 4.34. The van der Waals surface area contributed by atoms with Crippen LogP contribution in [0.1, 0.15) is 5.69 Å². The SMILES string of the molecule is COc1ncc(-c2c(C#N)[nH]c3ncncc23)cn1. The number of nitriles is 1. The lowest BCUT2D eigenvalue weighted by atomic mass is 10.1. The van der Waals surface area contributed by atoms with Gasteiger partial charge in [-0.15, -0.1) is 0 Å². The number of fused-ring (bicyclic) bond motifs is 1. The summed E-state index contributed by atoms with van der Waals surface area (Å²) in [6.45, 7) is 0. The number of aromatic nitrogens is 5. The van der Waals surface area contributed by atoms with Crippen LogP contribution in [0.5, 0.6) is 6.01 Å². The van der Waals surface area contributed by atoms with Crippen LogP contribution in [0.15, 0.2) is 24.9 Å². The van der Waals surface area contributed by atoms with E-state index in [1.165, 1.54) is 13.4 Å². The van der Waals surface area contributed by atoms with Gasteiger partial charge >= 0.3 is 6.01 Å². The third-order valence-electron chi connectivity index (χ3n) is 2.69. The number of methoxy groups -OCH3 is 1. The molecule has 3 aromatic rings. The number of H-pyrrole nitrogens is 1. The highest BCUT2D eigenvalue weighted by Crippen LogP contribution is 2.30. The Balaban J connectivity index is 2.25. The van der Waals surface area contributed by atoms with E-state index in [-0.39, 0.29) is 6.01 Å². The molecule has 7 nitrogen and oxygen atoms in total. The monoisotopic (exact) mass is 252 g/mol. The van der Waals surface area contributed by atoms with Crippen molar-refractivity contribution < 1.29 is 4.74 Å². The number of hydrogen-bond donors (Lipinski definition) is 1. The fourth-order valence-corrected chi connectivity index (χ4v) is 1.86. The summed E-state index contributed by atoms with van der Waals surface area (Å²) in [4.78, 5) is 19.1. The van der Waals surface area contributed by atoms with Crippen LogP contribution >= 0.6 is 0 Å². The Labute approximate surface area is 107 Å². The van der Waals surface area contributed by atoms with E-state index in [0.717, 1.165) is 5.39 Å². The van der Waals surface area contributed by atoms with Crippen molar-refractivity contribution in [1.29, 1.82) is 5.26 Å². The van der Waals surface area contributed by atoms with Crippen molar-refractivity contribution in [3.63, 3.8) is 0 Å². The van der Waals surface area contributed by atoms with Crippen molar-refractivity contribution >= 4 is 11.0 Å². The van der Waals surface area contributed by atoms with Crippen LogP contribution in [0.2, 0.25) is 0 Å². The minimum atomic E-state index is 0.276. The maximum absolute atomic E-state index is 9.19. The summed E-state index contributed by atoms with van der Waals surface area (Å²) >= 11 is 0. The summed E-state index contributed by atoms with van der Waals surface area (Å²) in [5.41, 5.74) is 2.42. The Kier molecular flexibility index (Phi) is 2.54. The van der Waals surface area contributed by atoms with Crippen LogP contribution in [0.25, 0.3) is 22.2 Å². The normalized spacial score (nSPS) is 10.3. The molecule has 0 radical (unpaired) electrons. The Morgan fingerprint density at radius 3 is 2.68 bits per heavy atom. The lowest BCUT2D eigenvalue weighted by Crippen LogP contribution is -1.92. The van der Waals surface area contributed by atoms with Crippen molar-refractivity contribution in [3.05, 3.63) is 30.6 Å². The number of aromatic amines is 1. The number of nitrogens with one attached hydrogen (secondary N) is 1. The molecule has 0 atom stereocenters. The highest BCUT2D eigenvalue weighted by Gasteiger charge is 2.15. The van der Waals surface area contributed by atoms with Crippen LogP contribution in [-0.2, 0) is 0 Å². The molecule has 0 aromatic carbocycles. The summed E-state index contributed by atoms with van der Waals surface area (Å²) in [6, 6.07) is 2.38. The van der Waals surface area contributed by atoms with E-state index in [0.29, 0.717) is 22.5 Å². The number of hydrogen-bond acceptors (Lipinski definition) is 6. The minimum absolute atomic E-state index is 0.276. The minimum Gasteiger partial charge on any atom is -0.467 e. The van der Waals surface area contributed by atoms with Gasteiger partial charge in [0.25, 0.3) is 0 Å². The van der Waals surface area contributed by atoms with Crippen LogP contribution in [0, 0.1) is 11.3 Å². The molecule has 0 bridgehead atoms. The van der Waals surface area contributed by atoms with Gasteiger partial charge in [0.2, 0.25) is 0 Å². The van der Waals surface area contributed by atoms with Crippen LogP contribution < -0.4 is 4.74 Å². The zero-order valence-electron chi connectivity index (χ0n) is 9.95. The molecule has 3 heterocycles. The van der Waals surface area contributed by atoms with Crippen molar-refractivity contribution in [2.75, 3.05) is 7.11 Å². The van der Waals surface area contributed by atoms with E-state index < -0.39 is 0 Å². The predicted octanol–water partition coefficient (Wildman–Crippen LogP) is 1.30. The van der Waals surface area contributed by atoms with Gasteiger partial charge in [0.1, 0.15) is 23.7 Å². The van der Waals surface area contributed by atoms with Crippen LogP contribution in [0.3, 0.4) is 0 Å². The molecule has 3 rings (SSSR count). The quantitative estimate of drug-likeness (QED) is 0.737. The molecule has 0 unspecified atom stereocenters. The maximum atomic E-state index is 9.19. The average molecular weight is 252 g/mol. The number of rotatable bonds is 2. The highest BCUT2D eigenvalue weighted by molar-refractivity contribution is 5.96. The van der Waals surface area contributed by atoms with Gasteiger partial charge in [0.05, 0.1) is 7.11 Å². The molecule has 0 saturated carbocycles. The van der Waals surface area contributed by atoms with Crippen LogP contribution in [0.4, 0.5) is 0 Å². The van der Waals surface area contributed by atoms with Crippen LogP contribution in [-0.4, -0.2) is 32.0 Å². The first-order valence-corrected chi connectivity index (χ1v) is 5.41. The fraction of sp³-hybridized carbons (Fsp3) is 0.0833. The van der Waals surface area contributed by atoms with E-state index in [1.807, 2.05) is 0 Å². The molecule has 0 aliphatic carbocycles. The lowest BCUT2D eigenvalue weighted by Gasteiger charge is -2.00. The predicted molar refractivity (Wildman–Crippen MR) is 66.2 cm³/mol. The van der Waals surface area contributed by atoms with Gasteiger partial charge in [-0.1, -0.05) is 0 Å². The van der Waals surface area contributed by atoms with Gasteiger partial charge in [-0.25, -0.2) is 19.9 Å². The highest BCUT2D eigenvalue weighted by atomic mass is 16.5. The molecule has 19 heavy (non-hydrogen) atoms. The summed E-state index contributed by atoms with van der Waals surface area (Å²) in [6.07, 6.45) is 6.28. The van der Waals surface area contributed by atoms with Crippen molar-refractivity contribution in [2.24, 2.45) is 0 Å². The molecular formula is C12H8N6O. The lowest BCUT2D eigenvalue weighted by molar-refractivity contribution is 0.380. The molecule has 0 fully saturated rings. The Bertz CT molecular complexity index is 771. The molecular weight excluding hydrogens is 244 g/mol. The second-order valence-electron chi connectivity index (χ2n) is 3.73. The average Bonchev–Trinajstić information content (AvgIpc) is 2.86. The van der Waals surface area contributed by atoms with Crippen molar-refractivity contribution in [2.45, 2.75) is 0 Å². The maximum Gasteiger partial charge on any atom is 0.316 e. The summed E-state index contributed by atoms with van der Waals surface area (Å²) in [7, 11) is 1.50. The van der Waals surface area contributed by atoms with E-state index >= 15 is 0 Å². The van der Waals surface area contributed by atoms with E-state index in [1.54, 1.807) is 18.6 Å². The van der Waals surface area contributed by atoms with E-state index in [2.05, 4.69) is 31.0 Å². The van der Waals surface area contributed by atoms with Gasteiger partial charge in [-0.3, -0.25) is 0 Å². The zero-order valence-corrected chi connectivity index (χ0v) is 9.95. The van der Waals surface area contributed by atoms with Crippen molar-refractivity contribution in [3.8, 4) is 23.2 Å². The summed E-state index contributed by atoms with van der Waals surface area (Å²) in [5, 5.41) is 9.94. The number of ether oxygens (including phenoxy) is 1. The molecule has 0 saturated heterocycles. The first-order valence-electron chi connectivity index (χ1n) is 5.41. The van der Waals surface area contributed by atoms with Gasteiger partial charge < -0.3 is 9.72 Å². The molecule has 7 heteroatoms. The second-order valence-corrected chi connectivity index (χ2v) is 3.73. The fourth-order valence-electron chi connectivity index (χ4n) is 1.86. The first kappa shape index (κ1) is 11.1. The summed E-state index contributed by atoms with van der Waals surface area (Å²) in [5.74, 6) is 0.